The van der Waals surface area contributed by atoms with Gasteiger partial charge < -0.3 is 10.0 Å². The number of thiazole rings is 1. The van der Waals surface area contributed by atoms with Gasteiger partial charge >= 0.3 is 0 Å². The highest BCUT2D eigenvalue weighted by molar-refractivity contribution is 7.18. The molecule has 2 aromatic rings. The van der Waals surface area contributed by atoms with E-state index < -0.39 is 5.60 Å². The van der Waals surface area contributed by atoms with E-state index in [-0.39, 0.29) is 16.5 Å². The van der Waals surface area contributed by atoms with Crippen molar-refractivity contribution < 1.29 is 10.0 Å². The highest BCUT2D eigenvalue weighted by Gasteiger charge is 2.45. The van der Waals surface area contributed by atoms with E-state index >= 15 is 0 Å². The summed E-state index contributed by atoms with van der Waals surface area (Å²) in [6.07, 6.45) is 0. The van der Waals surface area contributed by atoms with Crippen LogP contribution >= 0.6 is 11.3 Å². The Morgan fingerprint density at radius 2 is 2.14 bits per heavy atom. The number of hydrogen-bond acceptors (Lipinski definition) is 6. The van der Waals surface area contributed by atoms with E-state index in [9.17, 15) is 15.2 Å². The molecule has 0 radical (unpaired) electrons. The zero-order valence-corrected chi connectivity index (χ0v) is 13.0. The standard InChI is InChI=1S/C14H17N3O3S/c1-8(2)14(18)6-16(7-14)11-4-10-13(21-9(3)15-10)5-12(11)17(19)20/h4-5,8,18H,6-7H2,1-3H3. The molecule has 21 heavy (non-hydrogen) atoms. The summed E-state index contributed by atoms with van der Waals surface area (Å²) in [6.45, 7) is 6.63. The molecule has 0 bridgehead atoms. The Labute approximate surface area is 126 Å². The molecule has 1 aromatic heterocycles. The Hall–Kier alpha value is -1.73. The van der Waals surface area contributed by atoms with E-state index in [4.69, 9.17) is 0 Å². The van der Waals surface area contributed by atoms with Gasteiger partial charge in [0.1, 0.15) is 11.3 Å². The molecule has 0 saturated carbocycles. The smallest absolute Gasteiger partial charge is 0.294 e. The molecular formula is C14H17N3O3S. The Bertz CT molecular complexity index is 720. The Morgan fingerprint density at radius 3 is 2.71 bits per heavy atom. The second kappa shape index (κ2) is 4.64. The van der Waals surface area contributed by atoms with Crippen molar-refractivity contribution in [2.45, 2.75) is 26.4 Å². The van der Waals surface area contributed by atoms with Crippen LogP contribution in [-0.4, -0.2) is 33.7 Å². The number of aryl methyl sites for hydroxylation is 1. The molecule has 1 N–H and O–H groups in total. The maximum atomic E-state index is 11.3. The lowest BCUT2D eigenvalue weighted by molar-refractivity contribution is -0.384. The van der Waals surface area contributed by atoms with Crippen LogP contribution in [0.2, 0.25) is 0 Å². The van der Waals surface area contributed by atoms with Gasteiger partial charge in [-0.1, -0.05) is 13.8 Å². The number of aromatic nitrogens is 1. The first-order chi connectivity index (χ1) is 9.80. The summed E-state index contributed by atoms with van der Waals surface area (Å²) in [4.78, 5) is 17.2. The van der Waals surface area contributed by atoms with Gasteiger partial charge in [-0.3, -0.25) is 10.1 Å². The quantitative estimate of drug-likeness (QED) is 0.696. The van der Waals surface area contributed by atoms with Crippen LogP contribution in [0.25, 0.3) is 10.2 Å². The first-order valence-electron chi connectivity index (χ1n) is 6.83. The van der Waals surface area contributed by atoms with Crippen LogP contribution in [0, 0.1) is 23.0 Å². The first-order valence-corrected chi connectivity index (χ1v) is 7.65. The molecule has 0 atom stereocenters. The van der Waals surface area contributed by atoms with E-state index in [0.29, 0.717) is 18.8 Å². The summed E-state index contributed by atoms with van der Waals surface area (Å²) in [5.74, 6) is 0.123. The monoisotopic (exact) mass is 307 g/mol. The largest absolute Gasteiger partial charge is 0.386 e. The minimum atomic E-state index is -0.763. The lowest BCUT2D eigenvalue weighted by Crippen LogP contribution is -2.64. The molecule has 3 rings (SSSR count). The van der Waals surface area contributed by atoms with Gasteiger partial charge in [-0.2, -0.15) is 0 Å². The average Bonchev–Trinajstić information content (AvgIpc) is 2.72. The Morgan fingerprint density at radius 1 is 1.48 bits per heavy atom. The number of fused-ring (bicyclic) bond motifs is 1. The molecular weight excluding hydrogens is 290 g/mol. The van der Waals surface area contributed by atoms with Crippen molar-refractivity contribution in [1.82, 2.24) is 4.98 Å². The molecule has 1 aliphatic heterocycles. The van der Waals surface area contributed by atoms with Gasteiger partial charge in [-0.15, -0.1) is 11.3 Å². The van der Waals surface area contributed by atoms with Gasteiger partial charge in [0, 0.05) is 19.2 Å². The number of rotatable bonds is 3. The van der Waals surface area contributed by atoms with E-state index in [1.807, 2.05) is 25.7 Å². The Kier molecular flexibility index (Phi) is 3.14. The first kappa shape index (κ1) is 14.2. The van der Waals surface area contributed by atoms with E-state index in [2.05, 4.69) is 4.98 Å². The number of nitro benzene ring substituents is 1. The zero-order valence-electron chi connectivity index (χ0n) is 12.2. The number of nitrogens with zero attached hydrogens (tertiary/aromatic N) is 3. The molecule has 0 spiro atoms. The third kappa shape index (κ3) is 2.26. The summed E-state index contributed by atoms with van der Waals surface area (Å²) in [7, 11) is 0. The van der Waals surface area contributed by atoms with Gasteiger partial charge in [-0.05, 0) is 18.9 Å². The van der Waals surface area contributed by atoms with Crippen LogP contribution in [0.5, 0.6) is 0 Å². The number of nitro groups is 1. The zero-order chi connectivity index (χ0) is 15.4. The SMILES string of the molecule is Cc1nc2cc(N3CC(O)(C(C)C)C3)c([N+](=O)[O-])cc2s1. The van der Waals surface area contributed by atoms with Crippen molar-refractivity contribution >= 4 is 32.9 Å². The second-order valence-corrected chi connectivity index (χ2v) is 7.15. The molecule has 7 heteroatoms. The number of anilines is 1. The van der Waals surface area contributed by atoms with Gasteiger partial charge in [0.15, 0.2) is 0 Å². The summed E-state index contributed by atoms with van der Waals surface area (Å²) in [6, 6.07) is 3.35. The van der Waals surface area contributed by atoms with Crippen molar-refractivity contribution in [3.8, 4) is 0 Å². The lowest BCUT2D eigenvalue weighted by Gasteiger charge is -2.49. The second-order valence-electron chi connectivity index (χ2n) is 5.91. The minimum Gasteiger partial charge on any atom is -0.386 e. The van der Waals surface area contributed by atoms with Gasteiger partial charge in [0.25, 0.3) is 5.69 Å². The third-order valence-corrected chi connectivity index (χ3v) is 5.07. The fourth-order valence-electron chi connectivity index (χ4n) is 2.62. The lowest BCUT2D eigenvalue weighted by atomic mass is 9.82. The van der Waals surface area contributed by atoms with Crippen molar-refractivity contribution in [3.05, 3.63) is 27.3 Å². The number of aliphatic hydroxyl groups is 1. The number of β-amino-alcohol motifs (C(OH)–C–C–N with tert-alkyl or cyclic N) is 1. The highest BCUT2D eigenvalue weighted by atomic mass is 32.1. The fourth-order valence-corrected chi connectivity index (χ4v) is 3.46. The van der Waals surface area contributed by atoms with Gasteiger partial charge in [0.05, 0.1) is 20.1 Å². The summed E-state index contributed by atoms with van der Waals surface area (Å²) < 4.78 is 0.822. The minimum absolute atomic E-state index is 0.0805. The third-order valence-electron chi connectivity index (χ3n) is 4.13. The molecule has 1 aromatic carbocycles. The molecule has 1 saturated heterocycles. The number of benzene rings is 1. The highest BCUT2D eigenvalue weighted by Crippen LogP contribution is 2.40. The maximum Gasteiger partial charge on any atom is 0.294 e. The molecule has 2 heterocycles. The normalized spacial score (nSPS) is 17.3. The average molecular weight is 307 g/mol. The molecule has 0 amide bonds. The van der Waals surface area contributed by atoms with Crippen molar-refractivity contribution in [3.63, 3.8) is 0 Å². The maximum absolute atomic E-state index is 11.3. The molecule has 0 aliphatic carbocycles. The fraction of sp³-hybridized carbons (Fsp3) is 0.500. The van der Waals surface area contributed by atoms with Crippen LogP contribution in [0.3, 0.4) is 0 Å². The molecule has 112 valence electrons. The van der Waals surface area contributed by atoms with Crippen molar-refractivity contribution in [2.75, 3.05) is 18.0 Å². The molecule has 0 unspecified atom stereocenters. The predicted octanol–water partition coefficient (Wildman–Crippen LogP) is 2.72. The van der Waals surface area contributed by atoms with E-state index in [0.717, 1.165) is 15.2 Å². The Balaban J connectivity index is 2.01. The summed E-state index contributed by atoms with van der Waals surface area (Å²) in [5, 5.41) is 22.5. The van der Waals surface area contributed by atoms with Crippen LogP contribution in [0.15, 0.2) is 12.1 Å². The topological polar surface area (TPSA) is 79.5 Å². The van der Waals surface area contributed by atoms with Crippen LogP contribution in [0.4, 0.5) is 11.4 Å². The van der Waals surface area contributed by atoms with Crippen molar-refractivity contribution in [1.29, 1.82) is 0 Å². The summed E-state index contributed by atoms with van der Waals surface area (Å²) >= 11 is 1.45. The predicted molar refractivity (Wildman–Crippen MR) is 83.0 cm³/mol. The van der Waals surface area contributed by atoms with Gasteiger partial charge in [0.2, 0.25) is 0 Å². The van der Waals surface area contributed by atoms with E-state index in [1.165, 1.54) is 11.3 Å². The van der Waals surface area contributed by atoms with Crippen LogP contribution in [0.1, 0.15) is 18.9 Å². The molecule has 6 nitrogen and oxygen atoms in total. The number of hydrogen-bond donors (Lipinski definition) is 1. The van der Waals surface area contributed by atoms with Gasteiger partial charge in [-0.25, -0.2) is 4.98 Å². The molecule has 1 fully saturated rings. The van der Waals surface area contributed by atoms with Crippen LogP contribution in [-0.2, 0) is 0 Å². The molecule has 1 aliphatic rings. The van der Waals surface area contributed by atoms with E-state index in [1.54, 1.807) is 12.1 Å². The summed E-state index contributed by atoms with van der Waals surface area (Å²) in [5.41, 5.74) is 0.638. The van der Waals surface area contributed by atoms with Crippen LogP contribution < -0.4 is 4.90 Å². The van der Waals surface area contributed by atoms with Crippen molar-refractivity contribution in [2.24, 2.45) is 5.92 Å².